The Balaban J connectivity index is 2.73. The molecule has 0 unspecified atom stereocenters. The molecule has 0 heterocycles. The van der Waals surface area contributed by atoms with Gasteiger partial charge in [-0.1, -0.05) is 30.0 Å². The van der Waals surface area contributed by atoms with E-state index in [9.17, 15) is 9.59 Å². The lowest BCUT2D eigenvalue weighted by molar-refractivity contribution is 0.0517. The summed E-state index contributed by atoms with van der Waals surface area (Å²) in [4.78, 5) is 23.6. The Morgan fingerprint density at radius 3 is 2.26 bits per heavy atom. The van der Waals surface area contributed by atoms with Crippen LogP contribution in [0.15, 0.2) is 30.3 Å². The van der Waals surface area contributed by atoms with Gasteiger partial charge in [-0.2, -0.15) is 0 Å². The molecule has 1 N–H and O–H groups in total. The van der Waals surface area contributed by atoms with Crippen LogP contribution < -0.4 is 5.43 Å². The molecule has 0 fully saturated rings. The van der Waals surface area contributed by atoms with Crippen molar-refractivity contribution in [3.8, 4) is 11.8 Å². The lowest BCUT2D eigenvalue weighted by Crippen LogP contribution is -2.47. The van der Waals surface area contributed by atoms with Gasteiger partial charge in [0.2, 0.25) is 0 Å². The first kappa shape index (κ1) is 18.4. The molecule has 0 saturated carbocycles. The molecule has 0 atom stereocenters. The van der Waals surface area contributed by atoms with Gasteiger partial charge >= 0.3 is 12.2 Å². The van der Waals surface area contributed by atoms with Gasteiger partial charge < -0.3 is 9.47 Å². The van der Waals surface area contributed by atoms with Crippen LogP contribution in [0.2, 0.25) is 0 Å². The fourth-order valence-electron chi connectivity index (χ4n) is 1.51. The molecule has 0 aliphatic carbocycles. The van der Waals surface area contributed by atoms with Crippen molar-refractivity contribution in [3.63, 3.8) is 0 Å². The van der Waals surface area contributed by atoms with Gasteiger partial charge in [0.1, 0.15) is 6.54 Å². The molecule has 6 nitrogen and oxygen atoms in total. The van der Waals surface area contributed by atoms with E-state index in [2.05, 4.69) is 17.3 Å². The van der Waals surface area contributed by atoms with Crippen molar-refractivity contribution in [3.05, 3.63) is 35.9 Å². The number of ether oxygens (including phenoxy) is 2. The van der Waals surface area contributed by atoms with Gasteiger partial charge in [-0.05, 0) is 39.8 Å². The second-order valence-corrected chi connectivity index (χ2v) is 5.25. The van der Waals surface area contributed by atoms with E-state index >= 15 is 0 Å². The first-order valence-electron chi connectivity index (χ1n) is 7.37. The minimum Gasteiger partial charge on any atom is -0.446 e. The van der Waals surface area contributed by atoms with Crippen LogP contribution in [0.3, 0.4) is 0 Å². The molecular weight excluding hydrogens is 296 g/mol. The van der Waals surface area contributed by atoms with Crippen LogP contribution in [0, 0.1) is 11.8 Å². The maximum atomic E-state index is 12.0. The Bertz CT molecular complexity index is 573. The van der Waals surface area contributed by atoms with E-state index in [1.165, 1.54) is 0 Å². The Labute approximate surface area is 136 Å². The second kappa shape index (κ2) is 9.36. The van der Waals surface area contributed by atoms with E-state index < -0.39 is 12.2 Å². The van der Waals surface area contributed by atoms with E-state index in [0.29, 0.717) is 0 Å². The highest BCUT2D eigenvalue weighted by Crippen LogP contribution is 1.98. The van der Waals surface area contributed by atoms with Gasteiger partial charge in [0, 0.05) is 5.56 Å². The third-order valence-electron chi connectivity index (χ3n) is 2.37. The normalized spacial score (nSPS) is 9.83. The number of hydrogen-bond donors (Lipinski definition) is 1. The van der Waals surface area contributed by atoms with Gasteiger partial charge in [0.15, 0.2) is 0 Å². The summed E-state index contributed by atoms with van der Waals surface area (Å²) < 4.78 is 10.0. The molecule has 6 heteroatoms. The topological polar surface area (TPSA) is 67.9 Å². The predicted molar refractivity (Wildman–Crippen MR) is 86.4 cm³/mol. The van der Waals surface area contributed by atoms with Crippen molar-refractivity contribution in [2.24, 2.45) is 0 Å². The zero-order valence-electron chi connectivity index (χ0n) is 13.8. The van der Waals surface area contributed by atoms with Gasteiger partial charge in [0.05, 0.1) is 12.2 Å². The first-order chi connectivity index (χ1) is 10.9. The molecule has 2 amide bonds. The first-order valence-corrected chi connectivity index (χ1v) is 7.37. The number of hydrogen-bond acceptors (Lipinski definition) is 4. The average Bonchev–Trinajstić information content (AvgIpc) is 2.45. The number of hydrazine groups is 1. The van der Waals surface area contributed by atoms with Crippen LogP contribution in [0.1, 0.15) is 33.3 Å². The van der Waals surface area contributed by atoms with Crippen molar-refractivity contribution < 1.29 is 19.1 Å². The van der Waals surface area contributed by atoms with E-state index in [-0.39, 0.29) is 18.8 Å². The molecule has 0 aliphatic rings. The van der Waals surface area contributed by atoms with Crippen molar-refractivity contribution in [1.82, 2.24) is 10.4 Å². The average molecular weight is 318 g/mol. The fourth-order valence-corrected chi connectivity index (χ4v) is 1.51. The molecule has 0 bridgehead atoms. The van der Waals surface area contributed by atoms with Gasteiger partial charge in [-0.15, -0.1) is 0 Å². The summed E-state index contributed by atoms with van der Waals surface area (Å²) in [5, 5.41) is 0.987. The quantitative estimate of drug-likeness (QED) is 0.687. The molecule has 0 radical (unpaired) electrons. The summed E-state index contributed by atoms with van der Waals surface area (Å²) in [5.41, 5.74) is 3.15. The molecule has 124 valence electrons. The number of benzene rings is 1. The summed E-state index contributed by atoms with van der Waals surface area (Å²) in [6, 6.07) is 9.33. The Hall–Kier alpha value is -2.68. The van der Waals surface area contributed by atoms with Gasteiger partial charge in [-0.25, -0.2) is 20.0 Å². The summed E-state index contributed by atoms with van der Waals surface area (Å²) in [5.74, 6) is 5.73. The smallest absolute Gasteiger partial charge is 0.429 e. The SMILES string of the molecule is CC(C)OC(=O)NN(CC#Cc1ccccc1)C(=O)OC(C)C. The Kier molecular flexibility index (Phi) is 7.48. The maximum Gasteiger partial charge on any atom is 0.429 e. The third-order valence-corrected chi connectivity index (χ3v) is 2.37. The summed E-state index contributed by atoms with van der Waals surface area (Å²) in [6.45, 7) is 6.85. The van der Waals surface area contributed by atoms with Gasteiger partial charge in [-0.3, -0.25) is 0 Å². The number of amides is 2. The third kappa shape index (κ3) is 7.77. The zero-order chi connectivity index (χ0) is 17.2. The van der Waals surface area contributed by atoms with Crippen LogP contribution in [0.5, 0.6) is 0 Å². The Morgan fingerprint density at radius 1 is 1.09 bits per heavy atom. The van der Waals surface area contributed by atoms with E-state index in [0.717, 1.165) is 10.6 Å². The highest BCUT2D eigenvalue weighted by molar-refractivity contribution is 5.74. The van der Waals surface area contributed by atoms with Crippen LogP contribution in [-0.4, -0.2) is 35.9 Å². The second-order valence-electron chi connectivity index (χ2n) is 5.25. The zero-order valence-corrected chi connectivity index (χ0v) is 13.8. The molecule has 0 saturated heterocycles. The summed E-state index contributed by atoms with van der Waals surface area (Å²) >= 11 is 0. The van der Waals surface area contributed by atoms with Crippen molar-refractivity contribution in [2.45, 2.75) is 39.9 Å². The largest absolute Gasteiger partial charge is 0.446 e. The van der Waals surface area contributed by atoms with Gasteiger partial charge in [0.25, 0.3) is 0 Å². The number of carbonyl (C=O) groups excluding carboxylic acids is 2. The fraction of sp³-hybridized carbons (Fsp3) is 0.412. The predicted octanol–water partition coefficient (Wildman–Crippen LogP) is 2.93. The van der Waals surface area contributed by atoms with Crippen molar-refractivity contribution in [2.75, 3.05) is 6.54 Å². The number of carbonyl (C=O) groups is 2. The minimum atomic E-state index is -0.734. The van der Waals surface area contributed by atoms with Crippen LogP contribution >= 0.6 is 0 Å². The van der Waals surface area contributed by atoms with E-state index in [1.54, 1.807) is 27.7 Å². The summed E-state index contributed by atoms with van der Waals surface area (Å²) in [7, 11) is 0. The van der Waals surface area contributed by atoms with Crippen LogP contribution in [0.4, 0.5) is 9.59 Å². The van der Waals surface area contributed by atoms with E-state index in [4.69, 9.17) is 9.47 Å². The molecule has 0 spiro atoms. The number of nitrogens with one attached hydrogen (secondary N) is 1. The molecule has 23 heavy (non-hydrogen) atoms. The molecule has 1 aromatic carbocycles. The highest BCUT2D eigenvalue weighted by Gasteiger charge is 2.19. The Morgan fingerprint density at radius 2 is 1.70 bits per heavy atom. The van der Waals surface area contributed by atoms with Crippen molar-refractivity contribution >= 4 is 12.2 Å². The monoisotopic (exact) mass is 318 g/mol. The lowest BCUT2D eigenvalue weighted by Gasteiger charge is -2.22. The molecule has 1 rings (SSSR count). The minimum absolute atomic E-state index is 0.0202. The molecule has 0 aromatic heterocycles. The molecular formula is C17H22N2O4. The van der Waals surface area contributed by atoms with E-state index in [1.807, 2.05) is 30.3 Å². The maximum absolute atomic E-state index is 12.0. The van der Waals surface area contributed by atoms with Crippen LogP contribution in [0.25, 0.3) is 0 Å². The standard InChI is InChI=1S/C17H22N2O4/c1-13(2)22-16(20)18-19(17(21)23-14(3)4)12-8-11-15-9-6-5-7-10-15/h5-7,9-10,13-14H,12H2,1-4H3,(H,18,20). The molecule has 1 aromatic rings. The van der Waals surface area contributed by atoms with Crippen LogP contribution in [-0.2, 0) is 9.47 Å². The molecule has 0 aliphatic heterocycles. The summed E-state index contributed by atoms with van der Waals surface area (Å²) in [6.07, 6.45) is -2.03. The van der Waals surface area contributed by atoms with Crippen molar-refractivity contribution in [1.29, 1.82) is 0 Å². The number of nitrogens with zero attached hydrogens (tertiary/aromatic N) is 1. The number of rotatable bonds is 3. The highest BCUT2D eigenvalue weighted by atomic mass is 16.6. The lowest BCUT2D eigenvalue weighted by atomic mass is 10.2.